The van der Waals surface area contributed by atoms with Gasteiger partial charge in [-0.3, -0.25) is 0 Å². The molecule has 0 saturated carbocycles. The van der Waals surface area contributed by atoms with Gasteiger partial charge in [-0.15, -0.1) is 0 Å². The molecule has 60 valence electrons. The van der Waals surface area contributed by atoms with Crippen LogP contribution in [-0.4, -0.2) is 59.6 Å². The number of halogens is 2. The van der Waals surface area contributed by atoms with E-state index in [2.05, 4.69) is 0 Å². The Morgan fingerprint density at radius 1 is 0.556 bits per heavy atom. The van der Waals surface area contributed by atoms with E-state index in [1.54, 1.807) is 32.5 Å². The zero-order valence-corrected chi connectivity index (χ0v) is 9.66. The Morgan fingerprint density at radius 3 is 0.556 bits per heavy atom. The third-order valence-electron chi connectivity index (χ3n) is 0. The van der Waals surface area contributed by atoms with Crippen LogP contribution in [0.25, 0.3) is 0 Å². The van der Waals surface area contributed by atoms with E-state index >= 15 is 0 Å². The summed E-state index contributed by atoms with van der Waals surface area (Å²) in [7, 11) is 0. The Bertz CT molecular complexity index is 11.0. The molecule has 0 aromatic carbocycles. The Hall–Kier alpha value is 1.98. The van der Waals surface area contributed by atoms with Gasteiger partial charge in [0, 0.05) is 0 Å². The molecule has 6 nitrogen and oxygen atoms in total. The fourth-order valence-corrected chi connectivity index (χ4v) is 0. The van der Waals surface area contributed by atoms with Gasteiger partial charge in [0.15, 0.2) is 0 Å². The van der Waals surface area contributed by atoms with Crippen LogP contribution in [0.15, 0.2) is 0 Å². The van der Waals surface area contributed by atoms with Crippen LogP contribution in [0.1, 0.15) is 0 Å². The standard InChI is InChI=1S/2BrO.Ca.4H2O/c2*1-2;;;;;/h;;;4*1H2/q2*-1;+2;;;;. The van der Waals surface area contributed by atoms with E-state index in [1.807, 2.05) is 0 Å². The van der Waals surface area contributed by atoms with Crippen molar-refractivity contribution in [2.45, 2.75) is 0 Å². The van der Waals surface area contributed by atoms with Crippen molar-refractivity contribution in [1.82, 2.24) is 0 Å². The first kappa shape index (κ1) is 69.0. The molecule has 0 aliphatic rings. The molecule has 0 spiro atoms. The molecule has 0 aliphatic heterocycles. The predicted octanol–water partition coefficient (Wildman–Crippen LogP) is -4.37. The topological polar surface area (TPSA) is 172 Å². The van der Waals surface area contributed by atoms with Gasteiger partial charge in [0.25, 0.3) is 0 Å². The van der Waals surface area contributed by atoms with E-state index in [9.17, 15) is 0 Å². The summed E-state index contributed by atoms with van der Waals surface area (Å²) in [4.78, 5) is 0. The van der Waals surface area contributed by atoms with E-state index in [-0.39, 0.29) is 59.6 Å². The maximum absolute atomic E-state index is 8.06. The van der Waals surface area contributed by atoms with Crippen molar-refractivity contribution < 1.29 is 30.3 Å². The number of hydrogen-bond acceptors (Lipinski definition) is 2. The van der Waals surface area contributed by atoms with Crippen molar-refractivity contribution in [2.75, 3.05) is 0 Å². The second-order valence-corrected chi connectivity index (χ2v) is 0. The van der Waals surface area contributed by atoms with Crippen LogP contribution in [0.2, 0.25) is 0 Å². The Morgan fingerprint density at radius 2 is 0.556 bits per heavy atom. The van der Waals surface area contributed by atoms with Gasteiger partial charge in [-0.1, -0.05) is 0 Å². The molecule has 0 rings (SSSR count). The molecule has 0 fully saturated rings. The number of rotatable bonds is 0. The van der Waals surface area contributed by atoms with E-state index < -0.39 is 0 Å². The van der Waals surface area contributed by atoms with E-state index in [4.69, 9.17) is 8.40 Å². The summed E-state index contributed by atoms with van der Waals surface area (Å²) in [6.45, 7) is 0. The summed E-state index contributed by atoms with van der Waals surface area (Å²) in [6, 6.07) is 0. The second-order valence-electron chi connectivity index (χ2n) is 0. The van der Waals surface area contributed by atoms with Gasteiger partial charge >= 0.3 is 37.7 Å². The third-order valence-corrected chi connectivity index (χ3v) is 0. The monoisotopic (exact) mass is 302 g/mol. The minimum atomic E-state index is 0. The van der Waals surface area contributed by atoms with Crippen LogP contribution in [0.4, 0.5) is 0 Å². The molecule has 9 heavy (non-hydrogen) atoms. The first-order valence-corrected chi connectivity index (χ1v) is 1.60. The van der Waals surface area contributed by atoms with Gasteiger partial charge in [0.05, 0.1) is 0 Å². The molecule has 8 N–H and O–H groups in total. The Balaban J connectivity index is -0.00000000114. The molecule has 0 amide bonds. The fraction of sp³-hybridized carbons (Fsp3) is 0. The first-order chi connectivity index (χ1) is 2.00. The molecular formula is H8Br2CaO6. The van der Waals surface area contributed by atoms with Crippen LogP contribution in [-0.2, 0) is 0 Å². The van der Waals surface area contributed by atoms with Crippen molar-refractivity contribution in [3.8, 4) is 0 Å². The average Bonchev–Trinajstić information content (AvgIpc) is 1.50. The van der Waals surface area contributed by atoms with Gasteiger partial charge in [-0.25, -0.2) is 32.5 Å². The van der Waals surface area contributed by atoms with Gasteiger partial charge < -0.3 is 30.3 Å². The molecule has 0 aromatic heterocycles. The second kappa shape index (κ2) is 205. The van der Waals surface area contributed by atoms with E-state index in [0.29, 0.717) is 0 Å². The van der Waals surface area contributed by atoms with Crippen LogP contribution in [0.3, 0.4) is 0 Å². The van der Waals surface area contributed by atoms with Gasteiger partial charge in [-0.05, 0) is 0 Å². The van der Waals surface area contributed by atoms with Crippen LogP contribution in [0.5, 0.6) is 0 Å². The summed E-state index contributed by atoms with van der Waals surface area (Å²) in [6.07, 6.45) is 0. The zero-order chi connectivity index (χ0) is 4.00. The number of hydrogen-bond donors (Lipinski definition) is 0. The minimum Gasteiger partial charge on any atom is -0.791 e. The summed E-state index contributed by atoms with van der Waals surface area (Å²) in [5.74, 6) is 0. The summed E-state index contributed by atoms with van der Waals surface area (Å²) in [5, 5.41) is 0. The third kappa shape index (κ3) is 162. The first-order valence-electron chi connectivity index (χ1n) is 0.309. The Kier molecular flexibility index (Phi) is 1580. The smallest absolute Gasteiger partial charge is 0.791 e. The molecule has 0 radical (unpaired) electrons. The minimum absolute atomic E-state index is 0. The average molecular weight is 304 g/mol. The zero-order valence-electron chi connectivity index (χ0n) is 4.28. The van der Waals surface area contributed by atoms with Crippen molar-refractivity contribution in [3.63, 3.8) is 0 Å². The normalized spacial score (nSPS) is 1.33. The molecule has 0 unspecified atom stereocenters. The van der Waals surface area contributed by atoms with Crippen molar-refractivity contribution in [2.24, 2.45) is 0 Å². The fourth-order valence-electron chi connectivity index (χ4n) is 0. The van der Waals surface area contributed by atoms with Crippen LogP contribution >= 0.6 is 32.5 Å². The van der Waals surface area contributed by atoms with Gasteiger partial charge in [-0.2, -0.15) is 0 Å². The molecule has 0 saturated heterocycles. The summed E-state index contributed by atoms with van der Waals surface area (Å²) in [5.41, 5.74) is 0. The van der Waals surface area contributed by atoms with Gasteiger partial charge in [0.2, 0.25) is 0 Å². The molecule has 0 bridgehead atoms. The SMILES string of the molecule is O.O.O.O.[Ca+2].[O-]Br.[O-]Br. The molecule has 0 heterocycles. The maximum Gasteiger partial charge on any atom is 2.00 e. The van der Waals surface area contributed by atoms with Crippen molar-refractivity contribution >= 4 is 70.3 Å². The van der Waals surface area contributed by atoms with E-state index in [1.165, 1.54) is 0 Å². The van der Waals surface area contributed by atoms with Crippen LogP contribution < -0.4 is 8.40 Å². The molecular weight excluding hydrogens is 296 g/mol. The largest absolute Gasteiger partial charge is 2.00 e. The van der Waals surface area contributed by atoms with Crippen molar-refractivity contribution in [1.29, 1.82) is 0 Å². The van der Waals surface area contributed by atoms with Gasteiger partial charge in [0.1, 0.15) is 0 Å². The molecule has 0 atom stereocenters. The summed E-state index contributed by atoms with van der Waals surface area (Å²) >= 11 is 3.38. The quantitative estimate of drug-likeness (QED) is 0.412. The van der Waals surface area contributed by atoms with E-state index in [0.717, 1.165) is 0 Å². The molecule has 0 aromatic rings. The van der Waals surface area contributed by atoms with Crippen molar-refractivity contribution in [3.05, 3.63) is 0 Å². The Labute approximate surface area is 99.4 Å². The summed E-state index contributed by atoms with van der Waals surface area (Å²) < 4.78 is 16.1. The van der Waals surface area contributed by atoms with Crippen LogP contribution in [0, 0.1) is 0 Å². The maximum atomic E-state index is 8.06. The molecule has 0 aliphatic carbocycles. The predicted molar refractivity (Wildman–Crippen MR) is 38.1 cm³/mol. The molecule has 9 heteroatoms.